The fourth-order valence-corrected chi connectivity index (χ4v) is 5.20. The Balaban J connectivity index is 0. The van der Waals surface area contributed by atoms with Crippen molar-refractivity contribution >= 4 is 5.97 Å². The van der Waals surface area contributed by atoms with Crippen LogP contribution in [0.4, 0.5) is 0 Å². The van der Waals surface area contributed by atoms with E-state index in [1.807, 2.05) is 0 Å². The molecule has 0 spiro atoms. The fraction of sp³-hybridized carbons (Fsp3) is 0.969. The van der Waals surface area contributed by atoms with Gasteiger partial charge in [-0.1, -0.05) is 181 Å². The standard InChI is InChI=1S/C32H64O2.Na/c1-3-5-7-9-11-13-15-17-18-20-22-24-26-28-30-31(32(33)34)29-27-25-23-21-19-16-14-12-10-8-6-4-2;/h31H,3-30H2,1-2H3,(H,33,34);/q;+1/p-1. The maximum atomic E-state index is 11.5. The minimum absolute atomic E-state index is 0. The number of carboxylic acid groups (broad SMARTS) is 1. The Morgan fingerprint density at radius 2 is 0.629 bits per heavy atom. The van der Waals surface area contributed by atoms with Crippen LogP contribution in [0.5, 0.6) is 0 Å². The molecular formula is C32H63NaO2. The zero-order chi connectivity index (χ0) is 25.0. The van der Waals surface area contributed by atoms with Crippen LogP contribution < -0.4 is 34.7 Å². The average Bonchev–Trinajstić information content (AvgIpc) is 2.83. The molecule has 0 heterocycles. The first-order chi connectivity index (χ1) is 16.7. The van der Waals surface area contributed by atoms with Crippen molar-refractivity contribution in [3.8, 4) is 0 Å². The zero-order valence-corrected chi connectivity index (χ0v) is 26.7. The maximum Gasteiger partial charge on any atom is 1.00 e. The van der Waals surface area contributed by atoms with Gasteiger partial charge in [-0.3, -0.25) is 0 Å². The Hall–Kier alpha value is 0.470. The summed E-state index contributed by atoms with van der Waals surface area (Å²) < 4.78 is 0. The van der Waals surface area contributed by atoms with Gasteiger partial charge in [-0.15, -0.1) is 0 Å². The Morgan fingerprint density at radius 3 is 0.829 bits per heavy atom. The van der Waals surface area contributed by atoms with Crippen LogP contribution in [0.3, 0.4) is 0 Å². The molecule has 0 aliphatic rings. The third kappa shape index (κ3) is 30.6. The van der Waals surface area contributed by atoms with Crippen LogP contribution in [0.15, 0.2) is 0 Å². The molecule has 3 heteroatoms. The molecule has 0 aliphatic carbocycles. The second-order valence-electron chi connectivity index (χ2n) is 11.1. The molecule has 0 aromatic rings. The van der Waals surface area contributed by atoms with Crippen molar-refractivity contribution in [1.82, 2.24) is 0 Å². The molecule has 2 nitrogen and oxygen atoms in total. The first-order valence-electron chi connectivity index (χ1n) is 15.9. The number of rotatable bonds is 29. The molecule has 0 amide bonds. The summed E-state index contributed by atoms with van der Waals surface area (Å²) in [7, 11) is 0. The van der Waals surface area contributed by atoms with E-state index in [2.05, 4.69) is 13.8 Å². The van der Waals surface area contributed by atoms with Gasteiger partial charge in [0.1, 0.15) is 0 Å². The number of aliphatic carboxylic acids is 1. The molecule has 1 atom stereocenters. The molecule has 0 aromatic carbocycles. The largest absolute Gasteiger partial charge is 1.00 e. The van der Waals surface area contributed by atoms with E-state index in [0.29, 0.717) is 0 Å². The van der Waals surface area contributed by atoms with Gasteiger partial charge in [0.15, 0.2) is 0 Å². The summed E-state index contributed by atoms with van der Waals surface area (Å²) in [5.41, 5.74) is 0. The van der Waals surface area contributed by atoms with Crippen molar-refractivity contribution < 1.29 is 39.5 Å². The van der Waals surface area contributed by atoms with E-state index in [-0.39, 0.29) is 35.5 Å². The molecule has 0 saturated heterocycles. The Labute approximate surface area is 243 Å². The molecular weight excluding hydrogens is 439 g/mol. The number of hydrogen-bond acceptors (Lipinski definition) is 2. The van der Waals surface area contributed by atoms with Crippen LogP contribution in [0.2, 0.25) is 0 Å². The third-order valence-corrected chi connectivity index (χ3v) is 7.65. The van der Waals surface area contributed by atoms with Crippen LogP contribution >= 0.6 is 0 Å². The second-order valence-corrected chi connectivity index (χ2v) is 11.1. The van der Waals surface area contributed by atoms with Gasteiger partial charge in [-0.2, -0.15) is 0 Å². The summed E-state index contributed by atoms with van der Waals surface area (Å²) in [6.45, 7) is 4.55. The fourth-order valence-electron chi connectivity index (χ4n) is 5.20. The predicted molar refractivity (Wildman–Crippen MR) is 149 cm³/mol. The second kappa shape index (κ2) is 32.5. The molecule has 0 aromatic heterocycles. The number of unbranched alkanes of at least 4 members (excludes halogenated alkanes) is 24. The summed E-state index contributed by atoms with van der Waals surface area (Å²) >= 11 is 0. The van der Waals surface area contributed by atoms with Gasteiger partial charge in [0.2, 0.25) is 0 Å². The Morgan fingerprint density at radius 1 is 0.429 bits per heavy atom. The van der Waals surface area contributed by atoms with Gasteiger partial charge in [0.05, 0.1) is 0 Å². The first kappa shape index (κ1) is 37.6. The monoisotopic (exact) mass is 502 g/mol. The van der Waals surface area contributed by atoms with Gasteiger partial charge in [-0.25, -0.2) is 0 Å². The minimum atomic E-state index is -0.808. The van der Waals surface area contributed by atoms with Crippen LogP contribution in [0.25, 0.3) is 0 Å². The van der Waals surface area contributed by atoms with E-state index in [1.54, 1.807) is 0 Å². The number of carbonyl (C=O) groups is 1. The van der Waals surface area contributed by atoms with E-state index < -0.39 is 5.97 Å². The molecule has 1 unspecified atom stereocenters. The van der Waals surface area contributed by atoms with E-state index in [0.717, 1.165) is 25.7 Å². The van der Waals surface area contributed by atoms with Crippen LogP contribution in [-0.2, 0) is 4.79 Å². The van der Waals surface area contributed by atoms with Crippen molar-refractivity contribution in [3.05, 3.63) is 0 Å². The van der Waals surface area contributed by atoms with Crippen molar-refractivity contribution in [2.75, 3.05) is 0 Å². The van der Waals surface area contributed by atoms with Gasteiger partial charge < -0.3 is 9.90 Å². The van der Waals surface area contributed by atoms with E-state index >= 15 is 0 Å². The molecule has 0 N–H and O–H groups in total. The van der Waals surface area contributed by atoms with E-state index in [1.165, 1.54) is 154 Å². The number of carboxylic acids is 1. The third-order valence-electron chi connectivity index (χ3n) is 7.65. The van der Waals surface area contributed by atoms with Gasteiger partial charge in [0.25, 0.3) is 0 Å². The molecule has 0 radical (unpaired) electrons. The molecule has 0 rings (SSSR count). The Bertz CT molecular complexity index is 399. The molecule has 204 valence electrons. The SMILES string of the molecule is CCCCCCCCCCCCCCCCC(CCCCCCCCCCCCCC)C(=O)[O-].[Na+]. The number of hydrogen-bond donors (Lipinski definition) is 0. The molecule has 0 aliphatic heterocycles. The van der Waals surface area contributed by atoms with E-state index in [4.69, 9.17) is 0 Å². The summed E-state index contributed by atoms with van der Waals surface area (Å²) in [6.07, 6.45) is 36.5. The number of carbonyl (C=O) groups excluding carboxylic acids is 1. The van der Waals surface area contributed by atoms with Crippen molar-refractivity contribution in [2.24, 2.45) is 5.92 Å². The minimum Gasteiger partial charge on any atom is -0.550 e. The quantitative estimate of drug-likeness (QED) is 0.0794. The van der Waals surface area contributed by atoms with Crippen molar-refractivity contribution in [3.63, 3.8) is 0 Å². The van der Waals surface area contributed by atoms with Crippen LogP contribution in [0, 0.1) is 5.92 Å². The predicted octanol–water partition coefficient (Wildman–Crippen LogP) is 7.32. The van der Waals surface area contributed by atoms with E-state index in [9.17, 15) is 9.90 Å². The summed E-state index contributed by atoms with van der Waals surface area (Å²) in [6, 6.07) is 0. The van der Waals surface area contributed by atoms with Gasteiger partial charge >= 0.3 is 29.6 Å². The topological polar surface area (TPSA) is 40.1 Å². The van der Waals surface area contributed by atoms with Crippen LogP contribution in [0.1, 0.15) is 194 Å². The normalized spacial score (nSPS) is 11.9. The Kier molecular flexibility index (Phi) is 34.9. The summed E-state index contributed by atoms with van der Waals surface area (Å²) in [5, 5.41) is 11.5. The molecule has 0 fully saturated rings. The van der Waals surface area contributed by atoms with Crippen LogP contribution in [-0.4, -0.2) is 5.97 Å². The summed E-state index contributed by atoms with van der Waals surface area (Å²) in [5.74, 6) is -1.02. The first-order valence-corrected chi connectivity index (χ1v) is 15.9. The summed E-state index contributed by atoms with van der Waals surface area (Å²) in [4.78, 5) is 11.5. The van der Waals surface area contributed by atoms with Crippen molar-refractivity contribution in [1.29, 1.82) is 0 Å². The molecule has 35 heavy (non-hydrogen) atoms. The van der Waals surface area contributed by atoms with Gasteiger partial charge in [0, 0.05) is 5.97 Å². The smallest absolute Gasteiger partial charge is 0.550 e. The van der Waals surface area contributed by atoms with Gasteiger partial charge in [-0.05, 0) is 18.8 Å². The molecule has 0 bridgehead atoms. The average molecular weight is 503 g/mol. The maximum absolute atomic E-state index is 11.5. The zero-order valence-electron chi connectivity index (χ0n) is 24.7. The molecule has 0 saturated carbocycles. The van der Waals surface area contributed by atoms with Crippen molar-refractivity contribution in [2.45, 2.75) is 194 Å².